The van der Waals surface area contributed by atoms with Gasteiger partial charge in [0.15, 0.2) is 0 Å². The third-order valence-electron chi connectivity index (χ3n) is 5.82. The number of carboxylic acid groups (broad SMARTS) is 1. The van der Waals surface area contributed by atoms with Crippen molar-refractivity contribution in [1.82, 2.24) is 0 Å². The van der Waals surface area contributed by atoms with Gasteiger partial charge in [0.2, 0.25) is 0 Å². The summed E-state index contributed by atoms with van der Waals surface area (Å²) >= 11 is 0. The number of methoxy groups -OCH3 is 1. The van der Waals surface area contributed by atoms with E-state index in [-0.39, 0.29) is 29.3 Å². The van der Waals surface area contributed by atoms with Crippen molar-refractivity contribution in [3.8, 4) is 0 Å². The molecule has 7 nitrogen and oxygen atoms in total. The van der Waals surface area contributed by atoms with Crippen LogP contribution in [0.5, 0.6) is 0 Å². The lowest BCUT2D eigenvalue weighted by molar-refractivity contribution is -0.145. The van der Waals surface area contributed by atoms with E-state index in [1.165, 1.54) is 24.3 Å². The molecule has 2 unspecified atom stereocenters. The van der Waals surface area contributed by atoms with Gasteiger partial charge in [-0.15, -0.1) is 0 Å². The lowest BCUT2D eigenvalue weighted by Crippen LogP contribution is -2.21. The maximum Gasteiger partial charge on any atom is 0.335 e. The van der Waals surface area contributed by atoms with Gasteiger partial charge in [-0.25, -0.2) is 4.79 Å². The number of carboxylic acids is 1. The summed E-state index contributed by atoms with van der Waals surface area (Å²) in [4.78, 5) is 36.4. The summed E-state index contributed by atoms with van der Waals surface area (Å²) in [6.45, 7) is 3.58. The van der Waals surface area contributed by atoms with Crippen molar-refractivity contribution in [2.24, 2.45) is 11.0 Å². The molecule has 4 rings (SSSR count). The first-order valence-electron chi connectivity index (χ1n) is 10.2. The van der Waals surface area contributed by atoms with Crippen molar-refractivity contribution in [3.63, 3.8) is 0 Å². The summed E-state index contributed by atoms with van der Waals surface area (Å²) < 4.78 is 4.93. The van der Waals surface area contributed by atoms with E-state index in [4.69, 9.17) is 9.84 Å². The van der Waals surface area contributed by atoms with Gasteiger partial charge >= 0.3 is 11.9 Å². The summed E-state index contributed by atoms with van der Waals surface area (Å²) in [5.41, 5.74) is 4.45. The molecule has 1 aliphatic carbocycles. The summed E-state index contributed by atoms with van der Waals surface area (Å²) in [5.74, 6) is -2.14. The van der Waals surface area contributed by atoms with E-state index in [2.05, 4.69) is 5.10 Å². The predicted octanol–water partition coefficient (Wildman–Crippen LogP) is 4.02. The van der Waals surface area contributed by atoms with Crippen LogP contribution in [0, 0.1) is 5.92 Å². The van der Waals surface area contributed by atoms with Gasteiger partial charge in [0.25, 0.3) is 5.91 Å². The number of carbonyl (C=O) groups is 3. The number of aromatic carboxylic acids is 1. The summed E-state index contributed by atoms with van der Waals surface area (Å²) in [5, 5.41) is 14.7. The van der Waals surface area contributed by atoms with Gasteiger partial charge in [-0.3, -0.25) is 9.59 Å². The van der Waals surface area contributed by atoms with Crippen LogP contribution >= 0.6 is 0 Å². The van der Waals surface area contributed by atoms with Crippen LogP contribution in [-0.4, -0.2) is 35.8 Å². The van der Waals surface area contributed by atoms with Crippen LogP contribution in [0.2, 0.25) is 0 Å². The topological polar surface area (TPSA) is 96.3 Å². The van der Waals surface area contributed by atoms with Crippen molar-refractivity contribution in [1.29, 1.82) is 0 Å². The highest BCUT2D eigenvalue weighted by atomic mass is 16.5. The van der Waals surface area contributed by atoms with Crippen LogP contribution in [0.3, 0.4) is 0 Å². The average molecular weight is 430 g/mol. The summed E-state index contributed by atoms with van der Waals surface area (Å²) in [6, 6.07) is 13.8. The van der Waals surface area contributed by atoms with Gasteiger partial charge in [0.05, 0.1) is 35.6 Å². The highest BCUT2D eigenvalue weighted by molar-refractivity contribution is 6.30. The van der Waals surface area contributed by atoms with Gasteiger partial charge in [-0.2, -0.15) is 10.1 Å². The molecule has 0 aromatic heterocycles. The molecule has 1 heterocycles. The molecule has 2 aromatic carbocycles. The number of carbonyl (C=O) groups excluding carboxylic acids is 2. The second-order valence-electron chi connectivity index (χ2n) is 7.76. The van der Waals surface area contributed by atoms with Crippen LogP contribution < -0.4 is 5.01 Å². The molecular formula is C25H22N2O5. The molecule has 0 saturated heterocycles. The van der Waals surface area contributed by atoms with Crippen LogP contribution in [-0.2, 0) is 14.3 Å². The Kier molecular flexibility index (Phi) is 5.48. The molecule has 2 atom stereocenters. The first-order valence-corrected chi connectivity index (χ1v) is 10.2. The van der Waals surface area contributed by atoms with Crippen LogP contribution in [0.15, 0.2) is 71.4 Å². The lowest BCUT2D eigenvalue weighted by atomic mass is 9.89. The standard InChI is InChI=1S/C25H22N2O5/c1-14(25(31)32-3)21-12-17(19-6-4-5-7-20(19)21)13-22-15(2)26-27(23(22)28)18-10-8-16(9-11-18)24(29)30/h4-14,21H,1-3H3,(H,29,30)/b22-13-. The van der Waals surface area contributed by atoms with E-state index in [1.807, 2.05) is 37.3 Å². The molecule has 32 heavy (non-hydrogen) atoms. The third kappa shape index (κ3) is 3.62. The maximum atomic E-state index is 13.1. The molecule has 162 valence electrons. The van der Waals surface area contributed by atoms with Crippen molar-refractivity contribution in [2.45, 2.75) is 19.8 Å². The van der Waals surface area contributed by atoms with E-state index in [0.717, 1.165) is 16.7 Å². The van der Waals surface area contributed by atoms with Gasteiger partial charge in [0, 0.05) is 5.92 Å². The summed E-state index contributed by atoms with van der Waals surface area (Å²) in [6.07, 6.45) is 3.79. The maximum absolute atomic E-state index is 13.1. The first kappa shape index (κ1) is 21.2. The summed E-state index contributed by atoms with van der Waals surface area (Å²) in [7, 11) is 1.38. The Bertz CT molecular complexity index is 1210. The molecule has 2 aliphatic rings. The van der Waals surface area contributed by atoms with Crippen LogP contribution in [0.4, 0.5) is 5.69 Å². The van der Waals surface area contributed by atoms with Gasteiger partial charge in [-0.05, 0) is 54.0 Å². The Morgan fingerprint density at radius 2 is 1.84 bits per heavy atom. The molecule has 7 heteroatoms. The number of hydrogen-bond donors (Lipinski definition) is 1. The quantitative estimate of drug-likeness (QED) is 0.571. The predicted molar refractivity (Wildman–Crippen MR) is 120 cm³/mol. The fourth-order valence-electron chi connectivity index (χ4n) is 4.06. The van der Waals surface area contributed by atoms with Gasteiger partial charge < -0.3 is 9.84 Å². The SMILES string of the molecule is COC(=O)C(C)C1C=C(/C=C2\C(=O)N(c3ccc(C(=O)O)cc3)N=C2C)c2ccccc21. The Balaban J connectivity index is 1.68. The largest absolute Gasteiger partial charge is 0.478 e. The zero-order chi connectivity index (χ0) is 23.0. The number of hydrazone groups is 1. The number of hydrogen-bond acceptors (Lipinski definition) is 5. The molecule has 0 saturated carbocycles. The van der Waals surface area contributed by atoms with Crippen molar-refractivity contribution in [2.75, 3.05) is 12.1 Å². The highest BCUT2D eigenvalue weighted by Gasteiger charge is 2.33. The lowest BCUT2D eigenvalue weighted by Gasteiger charge is -2.16. The molecule has 1 N–H and O–H groups in total. The monoisotopic (exact) mass is 430 g/mol. The minimum absolute atomic E-state index is 0.135. The number of esters is 1. The third-order valence-corrected chi connectivity index (χ3v) is 5.82. The molecule has 0 fully saturated rings. The zero-order valence-electron chi connectivity index (χ0n) is 17.9. The van der Waals surface area contributed by atoms with E-state index in [0.29, 0.717) is 17.0 Å². The molecule has 1 aliphatic heterocycles. The minimum Gasteiger partial charge on any atom is -0.478 e. The fraction of sp³-hybridized carbons (Fsp3) is 0.200. The van der Waals surface area contributed by atoms with E-state index >= 15 is 0 Å². The molecule has 0 radical (unpaired) electrons. The minimum atomic E-state index is -1.04. The number of amides is 1. The zero-order valence-corrected chi connectivity index (χ0v) is 17.9. The molecule has 1 amide bonds. The van der Waals surface area contributed by atoms with Crippen molar-refractivity contribution >= 4 is 34.8 Å². The Hall–Kier alpha value is -4.00. The second-order valence-corrected chi connectivity index (χ2v) is 7.76. The Morgan fingerprint density at radius 1 is 1.16 bits per heavy atom. The van der Waals surface area contributed by atoms with E-state index in [9.17, 15) is 14.4 Å². The van der Waals surface area contributed by atoms with Crippen molar-refractivity contribution < 1.29 is 24.2 Å². The van der Waals surface area contributed by atoms with Crippen molar-refractivity contribution in [3.05, 3.63) is 82.9 Å². The van der Waals surface area contributed by atoms with Gasteiger partial charge in [0.1, 0.15) is 0 Å². The normalized spacial score (nSPS) is 19.5. The van der Waals surface area contributed by atoms with Crippen LogP contribution in [0.1, 0.15) is 41.3 Å². The molecule has 0 bridgehead atoms. The smallest absolute Gasteiger partial charge is 0.335 e. The second kappa shape index (κ2) is 8.26. The number of ether oxygens (including phenoxy) is 1. The fourth-order valence-corrected chi connectivity index (χ4v) is 4.06. The number of anilines is 1. The van der Waals surface area contributed by atoms with E-state index < -0.39 is 5.97 Å². The molecular weight excluding hydrogens is 408 g/mol. The highest BCUT2D eigenvalue weighted by Crippen LogP contribution is 2.42. The first-order chi connectivity index (χ1) is 15.3. The average Bonchev–Trinajstić information content (AvgIpc) is 3.31. The number of allylic oxidation sites excluding steroid dienone is 3. The number of benzene rings is 2. The van der Waals surface area contributed by atoms with Gasteiger partial charge in [-0.1, -0.05) is 37.3 Å². The van der Waals surface area contributed by atoms with E-state index in [1.54, 1.807) is 25.1 Å². The molecule has 0 spiro atoms. The Morgan fingerprint density at radius 3 is 2.50 bits per heavy atom. The Labute approximate surface area is 185 Å². The molecule has 2 aromatic rings. The number of nitrogens with zero attached hydrogens (tertiary/aromatic N) is 2. The van der Waals surface area contributed by atoms with Crippen LogP contribution in [0.25, 0.3) is 5.57 Å². The number of fused-ring (bicyclic) bond motifs is 1. The number of rotatable bonds is 5.